The van der Waals surface area contributed by atoms with Gasteiger partial charge in [-0.15, -0.1) is 6.58 Å². The number of nitrogen functional groups attached to an aromatic ring is 1. The van der Waals surface area contributed by atoms with E-state index in [1.165, 1.54) is 0 Å². The first-order valence-corrected chi connectivity index (χ1v) is 7.21. The molecule has 0 aromatic heterocycles. The molecule has 120 valence electrons. The van der Waals surface area contributed by atoms with Crippen molar-refractivity contribution in [1.82, 2.24) is 0 Å². The van der Waals surface area contributed by atoms with Crippen molar-refractivity contribution >= 4 is 23.3 Å². The lowest BCUT2D eigenvalue weighted by Gasteiger charge is -2.21. The molecule has 22 heavy (non-hydrogen) atoms. The van der Waals surface area contributed by atoms with E-state index >= 15 is 0 Å². The van der Waals surface area contributed by atoms with Gasteiger partial charge in [-0.05, 0) is 39.3 Å². The third-order valence-electron chi connectivity index (χ3n) is 2.87. The number of amides is 1. The van der Waals surface area contributed by atoms with Crippen LogP contribution in [0.25, 0.3) is 0 Å². The number of nitrogens with two attached hydrogens (primary N) is 1. The van der Waals surface area contributed by atoms with E-state index in [9.17, 15) is 9.59 Å². The lowest BCUT2D eigenvalue weighted by molar-refractivity contribution is -0.157. The Hall–Kier alpha value is -2.30. The van der Waals surface area contributed by atoms with Crippen molar-refractivity contribution in [2.24, 2.45) is 5.92 Å². The van der Waals surface area contributed by atoms with Gasteiger partial charge in [0.1, 0.15) is 5.60 Å². The predicted octanol–water partition coefficient (Wildman–Crippen LogP) is 3.13. The van der Waals surface area contributed by atoms with Crippen LogP contribution in [0.5, 0.6) is 0 Å². The predicted molar refractivity (Wildman–Crippen MR) is 88.3 cm³/mol. The van der Waals surface area contributed by atoms with Gasteiger partial charge in [0.05, 0.1) is 23.7 Å². The standard InChI is InChI=1S/C17H24N2O3/c1-5-8-12(11-15(20)22-17(2,3)4)16(21)19-14-10-7-6-9-13(14)18/h5-7,9-10,12H,1,8,11,18H2,2-4H3,(H,19,21)/t12-/m1/s1. The van der Waals surface area contributed by atoms with Crippen molar-refractivity contribution < 1.29 is 14.3 Å². The van der Waals surface area contributed by atoms with E-state index in [1.54, 1.807) is 51.1 Å². The summed E-state index contributed by atoms with van der Waals surface area (Å²) < 4.78 is 5.26. The van der Waals surface area contributed by atoms with Crippen molar-refractivity contribution in [1.29, 1.82) is 0 Å². The van der Waals surface area contributed by atoms with Crippen LogP contribution < -0.4 is 11.1 Å². The van der Waals surface area contributed by atoms with Gasteiger partial charge in [0.2, 0.25) is 5.91 Å². The summed E-state index contributed by atoms with van der Waals surface area (Å²) in [6.45, 7) is 9.00. The smallest absolute Gasteiger partial charge is 0.307 e. The Bertz CT molecular complexity index is 547. The highest BCUT2D eigenvalue weighted by molar-refractivity contribution is 5.97. The summed E-state index contributed by atoms with van der Waals surface area (Å²) in [4.78, 5) is 24.2. The summed E-state index contributed by atoms with van der Waals surface area (Å²) in [5, 5.41) is 2.74. The average Bonchev–Trinajstić information content (AvgIpc) is 2.38. The minimum absolute atomic E-state index is 0.00185. The van der Waals surface area contributed by atoms with Crippen molar-refractivity contribution in [2.75, 3.05) is 11.1 Å². The second-order valence-corrected chi connectivity index (χ2v) is 6.09. The third-order valence-corrected chi connectivity index (χ3v) is 2.87. The molecule has 0 aliphatic heterocycles. The number of allylic oxidation sites excluding steroid dienone is 1. The SMILES string of the molecule is C=CC[C@H](CC(=O)OC(C)(C)C)C(=O)Nc1ccccc1N. The first kappa shape index (κ1) is 17.8. The first-order valence-electron chi connectivity index (χ1n) is 7.21. The zero-order chi connectivity index (χ0) is 16.8. The quantitative estimate of drug-likeness (QED) is 0.480. The Labute approximate surface area is 131 Å². The van der Waals surface area contributed by atoms with E-state index < -0.39 is 17.5 Å². The summed E-state index contributed by atoms with van der Waals surface area (Å²) >= 11 is 0. The molecule has 5 heteroatoms. The van der Waals surface area contributed by atoms with Crippen LogP contribution in [-0.2, 0) is 14.3 Å². The number of rotatable bonds is 6. The maximum absolute atomic E-state index is 12.3. The Morgan fingerprint density at radius 2 is 2.00 bits per heavy atom. The summed E-state index contributed by atoms with van der Waals surface area (Å²) in [5.41, 5.74) is 6.24. The van der Waals surface area contributed by atoms with Crippen LogP contribution in [0, 0.1) is 5.92 Å². The number of anilines is 2. The van der Waals surface area contributed by atoms with E-state index in [2.05, 4.69) is 11.9 Å². The summed E-state index contributed by atoms with van der Waals surface area (Å²) in [5.74, 6) is -1.22. The molecule has 0 spiro atoms. The Balaban J connectivity index is 2.73. The molecule has 1 aromatic rings. The molecule has 0 saturated carbocycles. The van der Waals surface area contributed by atoms with Crippen molar-refractivity contribution in [2.45, 2.75) is 39.2 Å². The second kappa shape index (κ2) is 7.64. The number of hydrogen-bond acceptors (Lipinski definition) is 4. The van der Waals surface area contributed by atoms with Crippen LogP contribution in [0.2, 0.25) is 0 Å². The molecule has 1 amide bonds. The van der Waals surface area contributed by atoms with Crippen molar-refractivity contribution in [3.63, 3.8) is 0 Å². The van der Waals surface area contributed by atoms with Crippen LogP contribution >= 0.6 is 0 Å². The number of nitrogens with one attached hydrogen (secondary N) is 1. The molecule has 0 bridgehead atoms. The highest BCUT2D eigenvalue weighted by Crippen LogP contribution is 2.21. The second-order valence-electron chi connectivity index (χ2n) is 6.09. The number of hydrogen-bond donors (Lipinski definition) is 2. The first-order chi connectivity index (χ1) is 10.2. The number of carbonyl (C=O) groups is 2. The van der Waals surface area contributed by atoms with E-state index in [0.717, 1.165) is 0 Å². The normalized spacial score (nSPS) is 12.3. The highest BCUT2D eigenvalue weighted by Gasteiger charge is 2.25. The van der Waals surface area contributed by atoms with Gasteiger partial charge in [0.15, 0.2) is 0 Å². The molecular formula is C17H24N2O3. The van der Waals surface area contributed by atoms with Gasteiger partial charge in [-0.2, -0.15) is 0 Å². The van der Waals surface area contributed by atoms with Gasteiger partial charge >= 0.3 is 5.97 Å². The van der Waals surface area contributed by atoms with E-state index in [4.69, 9.17) is 10.5 Å². The van der Waals surface area contributed by atoms with Crippen LogP contribution in [0.1, 0.15) is 33.6 Å². The minimum Gasteiger partial charge on any atom is -0.460 e. The molecular weight excluding hydrogens is 280 g/mol. The van der Waals surface area contributed by atoms with Crippen molar-refractivity contribution in [3.05, 3.63) is 36.9 Å². The number of benzene rings is 1. The maximum atomic E-state index is 12.3. The molecule has 0 heterocycles. The van der Waals surface area contributed by atoms with Gasteiger partial charge in [0.25, 0.3) is 0 Å². The van der Waals surface area contributed by atoms with Crippen LogP contribution in [-0.4, -0.2) is 17.5 Å². The molecule has 0 aliphatic carbocycles. The topological polar surface area (TPSA) is 81.4 Å². The van der Waals surface area contributed by atoms with Crippen LogP contribution in [0.15, 0.2) is 36.9 Å². The fourth-order valence-electron chi connectivity index (χ4n) is 1.91. The van der Waals surface area contributed by atoms with Crippen LogP contribution in [0.4, 0.5) is 11.4 Å². The molecule has 1 rings (SSSR count). The van der Waals surface area contributed by atoms with E-state index in [1.807, 2.05) is 0 Å². The maximum Gasteiger partial charge on any atom is 0.307 e. The average molecular weight is 304 g/mol. The largest absolute Gasteiger partial charge is 0.460 e. The fourth-order valence-corrected chi connectivity index (χ4v) is 1.91. The number of esters is 1. The molecule has 0 radical (unpaired) electrons. The van der Waals surface area contributed by atoms with Gasteiger partial charge in [-0.3, -0.25) is 9.59 Å². The zero-order valence-corrected chi connectivity index (χ0v) is 13.4. The van der Waals surface area contributed by atoms with Gasteiger partial charge in [-0.25, -0.2) is 0 Å². The summed E-state index contributed by atoms with van der Waals surface area (Å²) in [7, 11) is 0. The van der Waals surface area contributed by atoms with Crippen molar-refractivity contribution in [3.8, 4) is 0 Å². The zero-order valence-electron chi connectivity index (χ0n) is 13.4. The Morgan fingerprint density at radius 3 is 2.55 bits per heavy atom. The summed E-state index contributed by atoms with van der Waals surface area (Å²) in [6.07, 6.45) is 2.00. The number of para-hydroxylation sites is 2. The summed E-state index contributed by atoms with van der Waals surface area (Å²) in [6, 6.07) is 6.98. The Morgan fingerprint density at radius 1 is 1.36 bits per heavy atom. The van der Waals surface area contributed by atoms with E-state index in [-0.39, 0.29) is 12.3 Å². The minimum atomic E-state index is -0.573. The molecule has 0 aliphatic rings. The van der Waals surface area contributed by atoms with Crippen LogP contribution in [0.3, 0.4) is 0 Å². The number of ether oxygens (including phenoxy) is 1. The molecule has 1 atom stereocenters. The number of carbonyl (C=O) groups excluding carboxylic acids is 2. The van der Waals surface area contributed by atoms with Gasteiger partial charge in [-0.1, -0.05) is 18.2 Å². The highest BCUT2D eigenvalue weighted by atomic mass is 16.6. The lowest BCUT2D eigenvalue weighted by Crippen LogP contribution is -2.29. The molecule has 0 unspecified atom stereocenters. The Kier molecular flexibility index (Phi) is 6.16. The molecule has 5 nitrogen and oxygen atoms in total. The molecule has 0 fully saturated rings. The molecule has 3 N–H and O–H groups in total. The van der Waals surface area contributed by atoms with Gasteiger partial charge < -0.3 is 15.8 Å². The fraction of sp³-hybridized carbons (Fsp3) is 0.412. The molecule has 0 saturated heterocycles. The third kappa shape index (κ3) is 5.99. The van der Waals surface area contributed by atoms with E-state index in [0.29, 0.717) is 17.8 Å². The lowest BCUT2D eigenvalue weighted by atomic mass is 10.00. The monoisotopic (exact) mass is 304 g/mol. The molecule has 1 aromatic carbocycles. The van der Waals surface area contributed by atoms with Gasteiger partial charge in [0, 0.05) is 0 Å².